The number of para-hydroxylation sites is 1. The van der Waals surface area contributed by atoms with E-state index < -0.39 is 4.92 Å². The number of hydrogen-bond acceptors (Lipinski definition) is 6. The van der Waals surface area contributed by atoms with Gasteiger partial charge >= 0.3 is 0 Å². The number of rotatable bonds is 4. The number of aliphatic imine (C=N–C) groups is 1. The molecule has 29 heavy (non-hydrogen) atoms. The Kier molecular flexibility index (Phi) is 5.32. The maximum absolute atomic E-state index is 12.3. The van der Waals surface area contributed by atoms with Gasteiger partial charge in [0.15, 0.2) is 5.17 Å². The zero-order valence-electron chi connectivity index (χ0n) is 14.7. The van der Waals surface area contributed by atoms with E-state index in [0.29, 0.717) is 32.8 Å². The van der Waals surface area contributed by atoms with E-state index in [2.05, 4.69) is 26.2 Å². The molecule has 1 aliphatic rings. The highest BCUT2D eigenvalue weighted by atomic mass is 79.9. The van der Waals surface area contributed by atoms with Crippen molar-refractivity contribution in [2.24, 2.45) is 4.99 Å². The molecule has 9 heteroatoms. The smallest absolute Gasteiger partial charge is 0.270 e. The second-order valence-corrected chi connectivity index (χ2v) is 7.83. The van der Waals surface area contributed by atoms with Crippen LogP contribution < -0.4 is 5.32 Å². The molecule has 0 atom stereocenters. The number of carbonyl (C=O) groups excluding carboxylic acids is 1. The number of nitro benzene ring substituents is 1. The van der Waals surface area contributed by atoms with Gasteiger partial charge < -0.3 is 9.73 Å². The van der Waals surface area contributed by atoms with E-state index in [9.17, 15) is 14.9 Å². The maximum atomic E-state index is 12.3. The first-order valence-corrected chi connectivity index (χ1v) is 9.99. The van der Waals surface area contributed by atoms with Gasteiger partial charge in [0, 0.05) is 28.2 Å². The van der Waals surface area contributed by atoms with Gasteiger partial charge in [0.2, 0.25) is 0 Å². The number of thioether (sulfide) groups is 1. The summed E-state index contributed by atoms with van der Waals surface area (Å²) in [5, 5.41) is 14.1. The summed E-state index contributed by atoms with van der Waals surface area (Å²) in [6.45, 7) is 0. The number of hydrogen-bond donors (Lipinski definition) is 1. The molecule has 3 aromatic rings. The number of amides is 1. The molecule has 0 saturated carbocycles. The Labute approximate surface area is 177 Å². The van der Waals surface area contributed by atoms with Crippen molar-refractivity contribution in [2.75, 3.05) is 0 Å². The molecule has 0 spiro atoms. The van der Waals surface area contributed by atoms with Gasteiger partial charge in [0.1, 0.15) is 11.5 Å². The van der Waals surface area contributed by atoms with Gasteiger partial charge in [0.05, 0.1) is 15.5 Å². The number of amidine groups is 1. The monoisotopic (exact) mass is 469 g/mol. The Bertz CT molecular complexity index is 1190. The van der Waals surface area contributed by atoms with E-state index in [1.54, 1.807) is 30.3 Å². The van der Waals surface area contributed by atoms with Crippen molar-refractivity contribution < 1.29 is 14.1 Å². The topological polar surface area (TPSA) is 97.7 Å². The SMILES string of the molecule is O=C1NC(=Nc2ccccc2Br)SC1=Cc1ccc(-c2cccc([N+](=O)[O-])c2)o1. The van der Waals surface area contributed by atoms with Crippen LogP contribution in [0.5, 0.6) is 0 Å². The van der Waals surface area contributed by atoms with E-state index in [4.69, 9.17) is 4.42 Å². The molecule has 1 saturated heterocycles. The number of carbonyl (C=O) groups is 1. The third-order valence-electron chi connectivity index (χ3n) is 3.97. The predicted molar refractivity (Wildman–Crippen MR) is 116 cm³/mol. The number of nitro groups is 1. The summed E-state index contributed by atoms with van der Waals surface area (Å²) in [4.78, 5) is 27.6. The molecule has 0 unspecified atom stereocenters. The van der Waals surface area contributed by atoms with E-state index in [1.165, 1.54) is 23.9 Å². The summed E-state index contributed by atoms with van der Waals surface area (Å²) in [6.07, 6.45) is 1.61. The van der Waals surface area contributed by atoms with Crippen molar-refractivity contribution in [3.63, 3.8) is 0 Å². The Balaban J connectivity index is 1.56. The van der Waals surface area contributed by atoms with E-state index in [-0.39, 0.29) is 11.6 Å². The molecule has 2 heterocycles. The first-order valence-electron chi connectivity index (χ1n) is 8.38. The van der Waals surface area contributed by atoms with E-state index in [0.717, 1.165) is 4.47 Å². The quantitative estimate of drug-likeness (QED) is 0.308. The fraction of sp³-hybridized carbons (Fsp3) is 0. The second kappa shape index (κ2) is 8.06. The first kappa shape index (κ1) is 19.2. The van der Waals surface area contributed by atoms with Gasteiger partial charge in [-0.05, 0) is 52.0 Å². The predicted octanol–water partition coefficient (Wildman–Crippen LogP) is 5.51. The van der Waals surface area contributed by atoms with Crippen LogP contribution >= 0.6 is 27.7 Å². The van der Waals surface area contributed by atoms with Gasteiger partial charge in [-0.15, -0.1) is 0 Å². The van der Waals surface area contributed by atoms with Crippen molar-refractivity contribution in [2.45, 2.75) is 0 Å². The van der Waals surface area contributed by atoms with Crippen molar-refractivity contribution >= 4 is 56.2 Å². The molecule has 7 nitrogen and oxygen atoms in total. The lowest BCUT2D eigenvalue weighted by Gasteiger charge is -1.98. The van der Waals surface area contributed by atoms with Crippen LogP contribution in [-0.2, 0) is 4.79 Å². The minimum Gasteiger partial charge on any atom is -0.457 e. The number of non-ortho nitro benzene ring substituents is 1. The maximum Gasteiger partial charge on any atom is 0.270 e. The third-order valence-corrected chi connectivity index (χ3v) is 5.55. The normalized spacial score (nSPS) is 16.4. The van der Waals surface area contributed by atoms with Crippen LogP contribution in [0.2, 0.25) is 0 Å². The number of furan rings is 1. The Morgan fingerprint density at radius 3 is 2.76 bits per heavy atom. The number of nitrogens with zero attached hydrogens (tertiary/aromatic N) is 2. The van der Waals surface area contributed by atoms with Crippen molar-refractivity contribution in [3.8, 4) is 11.3 Å². The Hall–Kier alpha value is -3.17. The number of nitrogens with one attached hydrogen (secondary N) is 1. The average molecular weight is 470 g/mol. The average Bonchev–Trinajstić information content (AvgIpc) is 3.31. The summed E-state index contributed by atoms with van der Waals surface area (Å²) in [7, 11) is 0. The van der Waals surface area contributed by atoms with Crippen LogP contribution in [0.25, 0.3) is 17.4 Å². The largest absolute Gasteiger partial charge is 0.457 e. The lowest BCUT2D eigenvalue weighted by Crippen LogP contribution is -2.19. The zero-order valence-corrected chi connectivity index (χ0v) is 17.1. The molecule has 0 bridgehead atoms. The van der Waals surface area contributed by atoms with Crippen LogP contribution in [0.3, 0.4) is 0 Å². The molecule has 1 aromatic heterocycles. The van der Waals surface area contributed by atoms with Crippen LogP contribution in [0.4, 0.5) is 11.4 Å². The summed E-state index contributed by atoms with van der Waals surface area (Å²) < 4.78 is 6.57. The highest BCUT2D eigenvalue weighted by Crippen LogP contribution is 2.32. The fourth-order valence-electron chi connectivity index (χ4n) is 2.62. The molecule has 1 N–H and O–H groups in total. The highest BCUT2D eigenvalue weighted by Gasteiger charge is 2.24. The zero-order chi connectivity index (χ0) is 20.4. The third kappa shape index (κ3) is 4.30. The summed E-state index contributed by atoms with van der Waals surface area (Å²) in [6, 6.07) is 17.0. The first-order chi connectivity index (χ1) is 14.0. The molecule has 4 rings (SSSR count). The standard InChI is InChI=1S/C20H12BrN3O4S/c21-15-6-1-2-7-16(15)22-20-23-19(25)18(29-20)11-14-8-9-17(28-14)12-4-3-5-13(10-12)24(26)27/h1-11H,(H,22,23,25). The van der Waals surface area contributed by atoms with Crippen LogP contribution in [0.15, 0.2) is 79.5 Å². The van der Waals surface area contributed by atoms with Crippen LogP contribution in [0.1, 0.15) is 5.76 Å². The lowest BCUT2D eigenvalue weighted by molar-refractivity contribution is -0.384. The van der Waals surface area contributed by atoms with Crippen molar-refractivity contribution in [1.82, 2.24) is 5.32 Å². The minimum atomic E-state index is -0.458. The Morgan fingerprint density at radius 1 is 1.14 bits per heavy atom. The molecule has 2 aromatic carbocycles. The fourth-order valence-corrected chi connectivity index (χ4v) is 3.81. The summed E-state index contributed by atoms with van der Waals surface area (Å²) in [5.74, 6) is 0.673. The second-order valence-electron chi connectivity index (χ2n) is 5.94. The van der Waals surface area contributed by atoms with E-state index >= 15 is 0 Å². The molecule has 1 fully saturated rings. The number of halogens is 1. The molecular weight excluding hydrogens is 458 g/mol. The van der Waals surface area contributed by atoms with E-state index in [1.807, 2.05) is 24.3 Å². The van der Waals surface area contributed by atoms with Gasteiger partial charge in [-0.3, -0.25) is 14.9 Å². The van der Waals surface area contributed by atoms with Gasteiger partial charge in [-0.1, -0.05) is 24.3 Å². The molecule has 1 amide bonds. The van der Waals surface area contributed by atoms with Crippen LogP contribution in [0, 0.1) is 10.1 Å². The number of benzene rings is 2. The van der Waals surface area contributed by atoms with Gasteiger partial charge in [-0.2, -0.15) is 0 Å². The molecule has 0 aliphatic carbocycles. The lowest BCUT2D eigenvalue weighted by atomic mass is 10.1. The van der Waals surface area contributed by atoms with Crippen LogP contribution in [-0.4, -0.2) is 16.0 Å². The summed E-state index contributed by atoms with van der Waals surface area (Å²) >= 11 is 4.63. The Morgan fingerprint density at radius 2 is 1.97 bits per heavy atom. The molecular formula is C20H12BrN3O4S. The van der Waals surface area contributed by atoms with Crippen molar-refractivity contribution in [3.05, 3.63) is 85.9 Å². The van der Waals surface area contributed by atoms with Gasteiger partial charge in [0.25, 0.3) is 11.6 Å². The molecule has 144 valence electrons. The van der Waals surface area contributed by atoms with Gasteiger partial charge in [-0.25, -0.2) is 4.99 Å². The van der Waals surface area contributed by atoms with Crippen molar-refractivity contribution in [1.29, 1.82) is 0 Å². The minimum absolute atomic E-state index is 0.0162. The molecule has 0 radical (unpaired) electrons. The highest BCUT2D eigenvalue weighted by molar-refractivity contribution is 9.10. The summed E-state index contributed by atoms with van der Waals surface area (Å²) in [5.41, 5.74) is 1.28. The molecule has 1 aliphatic heterocycles.